The van der Waals surface area contributed by atoms with E-state index in [1.807, 2.05) is 0 Å². The van der Waals surface area contributed by atoms with E-state index in [1.165, 1.54) is 18.2 Å². The monoisotopic (exact) mass is 215 g/mol. The predicted octanol–water partition coefficient (Wildman–Crippen LogP) is -0.491. The largest absolute Gasteiger partial charge is 0.388 e. The standard InChI is InChI=1S/C8H9NO4S/c9-14(12,13)7-3-1-2-6(4-7)8(11)5-10/h1-4,10H,5H2,(H2,9,12,13). The third-order valence-corrected chi connectivity index (χ3v) is 2.54. The molecule has 0 aliphatic rings. The zero-order valence-electron chi connectivity index (χ0n) is 7.17. The number of hydrogen-bond acceptors (Lipinski definition) is 4. The van der Waals surface area contributed by atoms with Crippen LogP contribution in [0.4, 0.5) is 0 Å². The second-order valence-electron chi connectivity index (χ2n) is 2.65. The van der Waals surface area contributed by atoms with E-state index in [0.29, 0.717) is 0 Å². The van der Waals surface area contributed by atoms with Crippen molar-refractivity contribution in [2.45, 2.75) is 4.90 Å². The number of primary sulfonamides is 1. The molecule has 0 radical (unpaired) electrons. The number of carbonyl (C=O) groups excluding carboxylic acids is 1. The van der Waals surface area contributed by atoms with Crippen LogP contribution in [0.15, 0.2) is 29.2 Å². The molecule has 1 aromatic rings. The van der Waals surface area contributed by atoms with Crippen LogP contribution in [0, 0.1) is 0 Å². The predicted molar refractivity (Wildman–Crippen MR) is 49.2 cm³/mol. The first kappa shape index (κ1) is 10.8. The molecule has 3 N–H and O–H groups in total. The summed E-state index contributed by atoms with van der Waals surface area (Å²) in [5.74, 6) is -0.546. The van der Waals surface area contributed by atoms with Crippen LogP contribution in [0.5, 0.6) is 0 Å². The normalized spacial score (nSPS) is 11.3. The van der Waals surface area contributed by atoms with Gasteiger partial charge in [-0.2, -0.15) is 0 Å². The highest BCUT2D eigenvalue weighted by Crippen LogP contribution is 2.09. The average molecular weight is 215 g/mol. The fraction of sp³-hybridized carbons (Fsp3) is 0.125. The smallest absolute Gasteiger partial charge is 0.238 e. The van der Waals surface area contributed by atoms with Crippen LogP contribution in [0.2, 0.25) is 0 Å². The number of benzene rings is 1. The highest BCUT2D eigenvalue weighted by Gasteiger charge is 2.10. The van der Waals surface area contributed by atoms with Gasteiger partial charge in [0.15, 0.2) is 5.78 Å². The molecular formula is C8H9NO4S. The van der Waals surface area contributed by atoms with Gasteiger partial charge in [-0.05, 0) is 12.1 Å². The van der Waals surface area contributed by atoms with E-state index in [0.717, 1.165) is 6.07 Å². The number of rotatable bonds is 3. The number of ketones is 1. The molecule has 1 rings (SSSR count). The summed E-state index contributed by atoms with van der Waals surface area (Å²) in [5, 5.41) is 13.4. The van der Waals surface area contributed by atoms with Crippen LogP contribution in [0.1, 0.15) is 10.4 Å². The van der Waals surface area contributed by atoms with Crippen LogP contribution < -0.4 is 5.14 Å². The van der Waals surface area contributed by atoms with E-state index in [4.69, 9.17) is 10.2 Å². The molecule has 0 unspecified atom stereocenters. The van der Waals surface area contributed by atoms with Crippen LogP contribution in [0.25, 0.3) is 0 Å². The van der Waals surface area contributed by atoms with Gasteiger partial charge in [-0.1, -0.05) is 12.1 Å². The van der Waals surface area contributed by atoms with Crippen LogP contribution in [-0.2, 0) is 10.0 Å². The van der Waals surface area contributed by atoms with Gasteiger partial charge in [0.05, 0.1) is 4.90 Å². The lowest BCUT2D eigenvalue weighted by atomic mass is 10.1. The van der Waals surface area contributed by atoms with Crippen LogP contribution in [0.3, 0.4) is 0 Å². The summed E-state index contributed by atoms with van der Waals surface area (Å²) in [7, 11) is -3.80. The summed E-state index contributed by atoms with van der Waals surface area (Å²) in [6.45, 7) is -0.659. The number of aliphatic hydroxyl groups is 1. The van der Waals surface area contributed by atoms with Crippen molar-refractivity contribution in [2.75, 3.05) is 6.61 Å². The lowest BCUT2D eigenvalue weighted by Gasteiger charge is -2.00. The molecule has 0 bridgehead atoms. The van der Waals surface area contributed by atoms with Crippen molar-refractivity contribution in [3.8, 4) is 0 Å². The number of carbonyl (C=O) groups is 1. The zero-order valence-corrected chi connectivity index (χ0v) is 7.99. The second-order valence-corrected chi connectivity index (χ2v) is 4.22. The Labute approximate surface area is 81.2 Å². The van der Waals surface area contributed by atoms with E-state index in [9.17, 15) is 13.2 Å². The molecule has 0 heterocycles. The quantitative estimate of drug-likeness (QED) is 0.665. The Morgan fingerprint density at radius 2 is 2.07 bits per heavy atom. The molecule has 0 saturated carbocycles. The van der Waals surface area contributed by atoms with Gasteiger partial charge in [-0.25, -0.2) is 13.6 Å². The third-order valence-electron chi connectivity index (χ3n) is 1.63. The first-order valence-corrected chi connectivity index (χ1v) is 5.26. The minimum absolute atomic E-state index is 0.124. The van der Waals surface area contributed by atoms with Crippen molar-refractivity contribution >= 4 is 15.8 Å². The molecule has 0 aromatic heterocycles. The Morgan fingerprint density at radius 1 is 1.43 bits per heavy atom. The van der Waals surface area contributed by atoms with Gasteiger partial charge >= 0.3 is 0 Å². The first-order chi connectivity index (χ1) is 6.45. The molecular weight excluding hydrogens is 206 g/mol. The Morgan fingerprint density at radius 3 is 2.57 bits per heavy atom. The van der Waals surface area contributed by atoms with E-state index < -0.39 is 22.4 Å². The number of Topliss-reactive ketones (excluding diaryl/α,β-unsaturated/α-hetero) is 1. The van der Waals surface area contributed by atoms with E-state index in [1.54, 1.807) is 0 Å². The summed E-state index contributed by atoms with van der Waals surface area (Å²) in [6, 6.07) is 5.22. The maximum absolute atomic E-state index is 11.0. The summed E-state index contributed by atoms with van der Waals surface area (Å²) < 4.78 is 21.8. The van der Waals surface area contributed by atoms with E-state index >= 15 is 0 Å². The average Bonchev–Trinajstić information content (AvgIpc) is 2.15. The number of sulfonamides is 1. The van der Waals surface area contributed by atoms with Crippen molar-refractivity contribution in [1.82, 2.24) is 0 Å². The summed E-state index contributed by atoms with van der Waals surface area (Å²) in [4.78, 5) is 10.9. The van der Waals surface area contributed by atoms with Gasteiger partial charge < -0.3 is 5.11 Å². The Hall–Kier alpha value is -1.24. The van der Waals surface area contributed by atoms with Crippen molar-refractivity contribution in [1.29, 1.82) is 0 Å². The molecule has 0 amide bonds. The highest BCUT2D eigenvalue weighted by atomic mass is 32.2. The fourth-order valence-electron chi connectivity index (χ4n) is 0.938. The van der Waals surface area contributed by atoms with Crippen LogP contribution >= 0.6 is 0 Å². The molecule has 0 atom stereocenters. The molecule has 14 heavy (non-hydrogen) atoms. The van der Waals surface area contributed by atoms with E-state index in [-0.39, 0.29) is 10.5 Å². The number of hydrogen-bond donors (Lipinski definition) is 2. The molecule has 76 valence electrons. The second kappa shape index (κ2) is 3.87. The fourth-order valence-corrected chi connectivity index (χ4v) is 1.50. The van der Waals surface area contributed by atoms with E-state index in [2.05, 4.69) is 0 Å². The number of nitrogens with two attached hydrogens (primary N) is 1. The Bertz CT molecular complexity index is 452. The highest BCUT2D eigenvalue weighted by molar-refractivity contribution is 7.89. The minimum atomic E-state index is -3.80. The minimum Gasteiger partial charge on any atom is -0.388 e. The summed E-state index contributed by atoms with van der Waals surface area (Å²) in [6.07, 6.45) is 0. The van der Waals surface area contributed by atoms with Gasteiger partial charge in [0.25, 0.3) is 0 Å². The molecule has 5 nitrogen and oxygen atoms in total. The van der Waals surface area contributed by atoms with Crippen molar-refractivity contribution < 1.29 is 18.3 Å². The van der Waals surface area contributed by atoms with Crippen molar-refractivity contribution in [2.24, 2.45) is 5.14 Å². The number of aliphatic hydroxyl groups excluding tert-OH is 1. The molecule has 0 saturated heterocycles. The van der Waals surface area contributed by atoms with Crippen molar-refractivity contribution in [3.05, 3.63) is 29.8 Å². The Kier molecular flexibility index (Phi) is 3.00. The molecule has 0 aliphatic heterocycles. The zero-order chi connectivity index (χ0) is 10.8. The maximum Gasteiger partial charge on any atom is 0.238 e. The van der Waals surface area contributed by atoms with Gasteiger partial charge in [0, 0.05) is 5.56 Å². The maximum atomic E-state index is 11.0. The Balaban J connectivity index is 3.21. The van der Waals surface area contributed by atoms with Crippen LogP contribution in [-0.4, -0.2) is 25.9 Å². The SMILES string of the molecule is NS(=O)(=O)c1cccc(C(=O)CO)c1. The third kappa shape index (κ3) is 2.38. The van der Waals surface area contributed by atoms with Gasteiger partial charge in [-0.15, -0.1) is 0 Å². The van der Waals surface area contributed by atoms with Gasteiger partial charge in [0.1, 0.15) is 6.61 Å². The first-order valence-electron chi connectivity index (χ1n) is 3.72. The summed E-state index contributed by atoms with van der Waals surface area (Å²) in [5.41, 5.74) is 0.124. The van der Waals surface area contributed by atoms with Gasteiger partial charge in [0.2, 0.25) is 10.0 Å². The molecule has 6 heteroatoms. The summed E-state index contributed by atoms with van der Waals surface area (Å²) >= 11 is 0. The molecule has 0 spiro atoms. The lowest BCUT2D eigenvalue weighted by Crippen LogP contribution is -2.13. The molecule has 0 aliphatic carbocycles. The van der Waals surface area contributed by atoms with Gasteiger partial charge in [-0.3, -0.25) is 4.79 Å². The van der Waals surface area contributed by atoms with Crippen molar-refractivity contribution in [3.63, 3.8) is 0 Å². The lowest BCUT2D eigenvalue weighted by molar-refractivity contribution is 0.0903. The molecule has 1 aromatic carbocycles. The topological polar surface area (TPSA) is 97.5 Å². The molecule has 0 fully saturated rings.